The van der Waals surface area contributed by atoms with Gasteiger partial charge in [0.05, 0.1) is 11.0 Å². The van der Waals surface area contributed by atoms with E-state index in [2.05, 4.69) is 41.6 Å². The van der Waals surface area contributed by atoms with E-state index in [9.17, 15) is 0 Å². The lowest BCUT2D eigenvalue weighted by atomic mass is 10.2. The number of benzene rings is 1. The molecule has 0 saturated heterocycles. The first kappa shape index (κ1) is 17.2. The lowest BCUT2D eigenvalue weighted by Crippen LogP contribution is -2.08. The Balaban J connectivity index is 0.00000144. The van der Waals surface area contributed by atoms with Crippen LogP contribution in [0.5, 0.6) is 0 Å². The van der Waals surface area contributed by atoms with E-state index in [-0.39, 0.29) is 24.8 Å². The summed E-state index contributed by atoms with van der Waals surface area (Å²) < 4.78 is 2.31. The summed E-state index contributed by atoms with van der Waals surface area (Å²) >= 11 is 0. The molecule has 0 saturated carbocycles. The smallest absolute Gasteiger partial charge is 0.110 e. The predicted molar refractivity (Wildman–Crippen MR) is 82.0 cm³/mol. The Hall–Kier alpha value is -0.770. The summed E-state index contributed by atoms with van der Waals surface area (Å²) in [6.45, 7) is 5.11. The second kappa shape index (κ2) is 7.62. The standard InChI is InChI=1S/C13H19N3.2ClH/c1-10(2)16-12-7-4-3-6-11(12)15-13(16)8-5-9-14;;/h3-4,6-7,10H,5,8-9,14H2,1-2H3;2*1H. The molecule has 5 heteroatoms. The van der Waals surface area contributed by atoms with E-state index in [1.165, 1.54) is 5.52 Å². The van der Waals surface area contributed by atoms with Gasteiger partial charge in [-0.1, -0.05) is 12.1 Å². The van der Waals surface area contributed by atoms with Crippen LogP contribution in [-0.4, -0.2) is 16.1 Å². The molecule has 0 aliphatic carbocycles. The fourth-order valence-corrected chi connectivity index (χ4v) is 2.11. The molecule has 18 heavy (non-hydrogen) atoms. The summed E-state index contributed by atoms with van der Waals surface area (Å²) in [5.41, 5.74) is 7.87. The van der Waals surface area contributed by atoms with Crippen LogP contribution in [0, 0.1) is 0 Å². The van der Waals surface area contributed by atoms with Crippen molar-refractivity contribution in [2.75, 3.05) is 6.54 Å². The number of hydrogen-bond donors (Lipinski definition) is 1. The number of aryl methyl sites for hydroxylation is 1. The van der Waals surface area contributed by atoms with Gasteiger partial charge in [-0.05, 0) is 38.9 Å². The third-order valence-corrected chi connectivity index (χ3v) is 2.79. The van der Waals surface area contributed by atoms with E-state index in [1.807, 2.05) is 6.07 Å². The number of para-hydroxylation sites is 2. The zero-order valence-electron chi connectivity index (χ0n) is 10.8. The van der Waals surface area contributed by atoms with Crippen molar-refractivity contribution in [1.82, 2.24) is 9.55 Å². The molecule has 0 unspecified atom stereocenters. The zero-order valence-corrected chi connectivity index (χ0v) is 12.4. The van der Waals surface area contributed by atoms with E-state index >= 15 is 0 Å². The quantitative estimate of drug-likeness (QED) is 0.938. The van der Waals surface area contributed by atoms with Gasteiger partial charge in [0.15, 0.2) is 0 Å². The average molecular weight is 290 g/mol. The largest absolute Gasteiger partial charge is 0.330 e. The molecule has 0 bridgehead atoms. The molecule has 2 N–H and O–H groups in total. The number of halogens is 2. The Morgan fingerprint density at radius 1 is 1.22 bits per heavy atom. The van der Waals surface area contributed by atoms with Crippen molar-refractivity contribution >= 4 is 35.8 Å². The SMILES string of the molecule is CC(C)n1c(CCCN)nc2ccccc21.Cl.Cl. The van der Waals surface area contributed by atoms with Crippen LogP contribution in [0.3, 0.4) is 0 Å². The molecule has 1 aromatic carbocycles. The highest BCUT2D eigenvalue weighted by molar-refractivity contribution is 5.85. The molecule has 0 amide bonds. The maximum Gasteiger partial charge on any atom is 0.110 e. The molecule has 0 radical (unpaired) electrons. The fourth-order valence-electron chi connectivity index (χ4n) is 2.11. The Kier molecular flexibility index (Phi) is 7.29. The Bertz CT molecular complexity index is 480. The number of rotatable bonds is 4. The van der Waals surface area contributed by atoms with Gasteiger partial charge in [-0.2, -0.15) is 0 Å². The normalized spacial score (nSPS) is 10.2. The lowest BCUT2D eigenvalue weighted by Gasteiger charge is -2.12. The Morgan fingerprint density at radius 3 is 2.50 bits per heavy atom. The third-order valence-electron chi connectivity index (χ3n) is 2.79. The molecule has 0 spiro atoms. The van der Waals surface area contributed by atoms with Gasteiger partial charge in [0.2, 0.25) is 0 Å². The predicted octanol–water partition coefficient (Wildman–Crippen LogP) is 3.35. The van der Waals surface area contributed by atoms with Crippen molar-refractivity contribution in [2.24, 2.45) is 5.73 Å². The Labute approximate surface area is 121 Å². The topological polar surface area (TPSA) is 43.8 Å². The molecule has 1 heterocycles. The maximum atomic E-state index is 5.56. The number of nitrogens with zero attached hydrogens (tertiary/aromatic N) is 2. The van der Waals surface area contributed by atoms with Gasteiger partial charge in [0.1, 0.15) is 5.82 Å². The second-order valence-electron chi connectivity index (χ2n) is 4.37. The minimum atomic E-state index is 0. The van der Waals surface area contributed by atoms with Crippen LogP contribution < -0.4 is 5.73 Å². The highest BCUT2D eigenvalue weighted by Gasteiger charge is 2.11. The second-order valence-corrected chi connectivity index (χ2v) is 4.37. The molecule has 0 atom stereocenters. The Morgan fingerprint density at radius 2 is 1.89 bits per heavy atom. The summed E-state index contributed by atoms with van der Waals surface area (Å²) in [5.74, 6) is 1.15. The summed E-state index contributed by atoms with van der Waals surface area (Å²) in [5, 5.41) is 0. The number of nitrogens with two attached hydrogens (primary N) is 1. The lowest BCUT2D eigenvalue weighted by molar-refractivity contribution is 0.577. The van der Waals surface area contributed by atoms with Gasteiger partial charge in [-0.15, -0.1) is 24.8 Å². The molecule has 3 nitrogen and oxygen atoms in total. The van der Waals surface area contributed by atoms with Gasteiger partial charge in [0.25, 0.3) is 0 Å². The van der Waals surface area contributed by atoms with E-state index in [4.69, 9.17) is 5.73 Å². The highest BCUT2D eigenvalue weighted by Crippen LogP contribution is 2.21. The van der Waals surface area contributed by atoms with Crippen molar-refractivity contribution in [1.29, 1.82) is 0 Å². The average Bonchev–Trinajstić information content (AvgIpc) is 2.64. The third kappa shape index (κ3) is 3.37. The molecular weight excluding hydrogens is 269 g/mol. The van der Waals surface area contributed by atoms with Crippen LogP contribution in [-0.2, 0) is 6.42 Å². The van der Waals surface area contributed by atoms with Crippen molar-refractivity contribution in [2.45, 2.75) is 32.7 Å². The number of fused-ring (bicyclic) bond motifs is 1. The monoisotopic (exact) mass is 289 g/mol. The highest BCUT2D eigenvalue weighted by atomic mass is 35.5. The van der Waals surface area contributed by atoms with E-state index in [0.29, 0.717) is 6.04 Å². The van der Waals surface area contributed by atoms with E-state index in [1.54, 1.807) is 0 Å². The molecule has 0 fully saturated rings. The number of imidazole rings is 1. The molecule has 0 aliphatic heterocycles. The molecule has 102 valence electrons. The first-order chi connectivity index (χ1) is 7.74. The molecule has 1 aromatic heterocycles. The van der Waals surface area contributed by atoms with Crippen LogP contribution in [0.15, 0.2) is 24.3 Å². The summed E-state index contributed by atoms with van der Waals surface area (Å²) in [4.78, 5) is 4.68. The first-order valence-electron chi connectivity index (χ1n) is 5.90. The van der Waals surface area contributed by atoms with Crippen molar-refractivity contribution in [3.8, 4) is 0 Å². The van der Waals surface area contributed by atoms with Crippen LogP contribution in [0.2, 0.25) is 0 Å². The molecule has 2 rings (SSSR count). The van der Waals surface area contributed by atoms with Crippen LogP contribution in [0.25, 0.3) is 11.0 Å². The summed E-state index contributed by atoms with van der Waals surface area (Å²) in [6.07, 6.45) is 1.96. The number of hydrogen-bond acceptors (Lipinski definition) is 2. The van der Waals surface area contributed by atoms with Gasteiger partial charge in [-0.3, -0.25) is 0 Å². The van der Waals surface area contributed by atoms with Gasteiger partial charge >= 0.3 is 0 Å². The number of aromatic nitrogens is 2. The summed E-state index contributed by atoms with van der Waals surface area (Å²) in [6, 6.07) is 8.75. The van der Waals surface area contributed by atoms with Crippen molar-refractivity contribution < 1.29 is 0 Å². The van der Waals surface area contributed by atoms with Gasteiger partial charge < -0.3 is 10.3 Å². The van der Waals surface area contributed by atoms with Crippen molar-refractivity contribution in [3.63, 3.8) is 0 Å². The molecule has 0 aliphatic rings. The minimum Gasteiger partial charge on any atom is -0.330 e. The van der Waals surface area contributed by atoms with Crippen LogP contribution in [0.4, 0.5) is 0 Å². The molecule has 2 aromatic rings. The molecular formula is C13H21Cl2N3. The van der Waals surface area contributed by atoms with Crippen LogP contribution >= 0.6 is 24.8 Å². The summed E-state index contributed by atoms with van der Waals surface area (Å²) in [7, 11) is 0. The van der Waals surface area contributed by atoms with E-state index < -0.39 is 0 Å². The van der Waals surface area contributed by atoms with Gasteiger partial charge in [0, 0.05) is 12.5 Å². The van der Waals surface area contributed by atoms with Crippen LogP contribution in [0.1, 0.15) is 32.1 Å². The zero-order chi connectivity index (χ0) is 11.5. The van der Waals surface area contributed by atoms with Crippen molar-refractivity contribution in [3.05, 3.63) is 30.1 Å². The maximum absolute atomic E-state index is 5.56. The first-order valence-corrected chi connectivity index (χ1v) is 5.90. The fraction of sp³-hybridized carbons (Fsp3) is 0.462. The van der Waals surface area contributed by atoms with E-state index in [0.717, 1.165) is 30.7 Å². The van der Waals surface area contributed by atoms with Gasteiger partial charge in [-0.25, -0.2) is 4.98 Å². The minimum absolute atomic E-state index is 0.